The van der Waals surface area contributed by atoms with E-state index < -0.39 is 0 Å². The van der Waals surface area contributed by atoms with Gasteiger partial charge in [0, 0.05) is 12.1 Å². The summed E-state index contributed by atoms with van der Waals surface area (Å²) in [6, 6.07) is -0.356. The summed E-state index contributed by atoms with van der Waals surface area (Å²) in [5.41, 5.74) is 0.806. The fourth-order valence-electron chi connectivity index (χ4n) is 0.916. The topological polar surface area (TPSA) is 38.3 Å². The Bertz CT molecular complexity index is 237. The molecule has 0 aliphatic carbocycles. The Morgan fingerprint density at radius 3 is 3.18 bits per heavy atom. The van der Waals surface area contributed by atoms with Gasteiger partial charge in [0.05, 0.1) is 7.11 Å². The van der Waals surface area contributed by atoms with E-state index in [0.717, 1.165) is 5.57 Å². The Hall–Kier alpha value is -1.27. The Morgan fingerprint density at radius 2 is 2.73 bits per heavy atom. The average Bonchev–Trinajstić information content (AvgIpc) is 2.50. The van der Waals surface area contributed by atoms with Crippen LogP contribution in [0.3, 0.4) is 0 Å². The van der Waals surface area contributed by atoms with Crippen LogP contribution in [0.25, 0.3) is 0 Å². The number of carbonyl (C=O) groups excluding carboxylic acids is 1. The summed E-state index contributed by atoms with van der Waals surface area (Å²) >= 11 is 0. The summed E-state index contributed by atoms with van der Waals surface area (Å²) < 4.78 is 4.51. The van der Waals surface area contributed by atoms with Gasteiger partial charge in [-0.3, -0.25) is 10.1 Å². The van der Waals surface area contributed by atoms with E-state index in [-0.39, 0.29) is 12.0 Å². The van der Waals surface area contributed by atoms with Crippen LogP contribution in [-0.4, -0.2) is 25.7 Å². The van der Waals surface area contributed by atoms with Crippen LogP contribution in [0.1, 0.15) is 0 Å². The van der Waals surface area contributed by atoms with Gasteiger partial charge in [0.2, 0.25) is 0 Å². The van der Waals surface area contributed by atoms with E-state index in [1.54, 1.807) is 6.08 Å². The monoisotopic (exact) mass is 151 g/mol. The average molecular weight is 151 g/mol. The molecule has 58 valence electrons. The molecular weight excluding hydrogens is 142 g/mol. The third kappa shape index (κ3) is 1.60. The van der Waals surface area contributed by atoms with Crippen LogP contribution in [0.4, 0.5) is 0 Å². The smallest absolute Gasteiger partial charge is 0.326 e. The molecule has 0 fully saturated rings. The second kappa shape index (κ2) is 3.22. The van der Waals surface area contributed by atoms with Gasteiger partial charge in [0.15, 0.2) is 0 Å². The highest BCUT2D eigenvalue weighted by Crippen LogP contribution is 2.04. The van der Waals surface area contributed by atoms with Gasteiger partial charge in [0.25, 0.3) is 0 Å². The minimum Gasteiger partial charge on any atom is -0.468 e. The lowest BCUT2D eigenvalue weighted by Crippen LogP contribution is -2.31. The van der Waals surface area contributed by atoms with Gasteiger partial charge in [0.1, 0.15) is 6.04 Å². The van der Waals surface area contributed by atoms with Crippen molar-refractivity contribution in [1.82, 2.24) is 5.32 Å². The predicted molar refractivity (Wildman–Crippen MR) is 40.7 cm³/mol. The lowest BCUT2D eigenvalue weighted by atomic mass is 10.2. The summed E-state index contributed by atoms with van der Waals surface area (Å²) in [5.74, 6) is 2.17. The quantitative estimate of drug-likeness (QED) is 0.412. The Labute approximate surface area is 65.4 Å². The lowest BCUT2D eigenvalue weighted by Gasteiger charge is -2.03. The van der Waals surface area contributed by atoms with Gasteiger partial charge in [-0.15, -0.1) is 6.42 Å². The van der Waals surface area contributed by atoms with Gasteiger partial charge < -0.3 is 4.74 Å². The molecule has 0 aromatic carbocycles. The van der Waals surface area contributed by atoms with E-state index in [2.05, 4.69) is 16.0 Å². The van der Waals surface area contributed by atoms with Crippen molar-refractivity contribution in [1.29, 1.82) is 0 Å². The van der Waals surface area contributed by atoms with Gasteiger partial charge in [-0.25, -0.2) is 0 Å². The van der Waals surface area contributed by atoms with Crippen molar-refractivity contribution in [2.75, 3.05) is 13.7 Å². The molecule has 0 amide bonds. The Balaban J connectivity index is 2.61. The molecule has 1 atom stereocenters. The molecule has 11 heavy (non-hydrogen) atoms. The molecule has 1 aliphatic rings. The van der Waals surface area contributed by atoms with Crippen molar-refractivity contribution in [2.45, 2.75) is 6.04 Å². The molecule has 3 heteroatoms. The summed E-state index contributed by atoms with van der Waals surface area (Å²) in [6.07, 6.45) is 6.83. The number of ether oxygens (including phenoxy) is 1. The SMILES string of the molecule is C#CC1=C[C@H](C(=O)OC)NC1. The van der Waals surface area contributed by atoms with E-state index in [1.165, 1.54) is 7.11 Å². The molecule has 3 nitrogen and oxygen atoms in total. The summed E-state index contributed by atoms with van der Waals surface area (Å²) in [5, 5.41) is 2.90. The first-order chi connectivity index (χ1) is 5.27. The maximum atomic E-state index is 10.9. The number of esters is 1. The molecule has 1 heterocycles. The largest absolute Gasteiger partial charge is 0.468 e. The van der Waals surface area contributed by atoms with E-state index in [0.29, 0.717) is 6.54 Å². The zero-order valence-corrected chi connectivity index (χ0v) is 6.26. The third-order valence-electron chi connectivity index (χ3n) is 1.52. The van der Waals surface area contributed by atoms with E-state index >= 15 is 0 Å². The Kier molecular flexibility index (Phi) is 2.29. The van der Waals surface area contributed by atoms with Crippen LogP contribution in [-0.2, 0) is 9.53 Å². The zero-order chi connectivity index (χ0) is 8.27. The summed E-state index contributed by atoms with van der Waals surface area (Å²) in [6.45, 7) is 0.580. The van der Waals surface area contributed by atoms with Crippen molar-refractivity contribution >= 4 is 5.97 Å². The number of rotatable bonds is 1. The number of terminal acetylenes is 1. The normalized spacial score (nSPS) is 22.2. The zero-order valence-electron chi connectivity index (χ0n) is 6.26. The number of nitrogens with one attached hydrogen (secondary N) is 1. The molecule has 1 N–H and O–H groups in total. The number of hydrogen-bond acceptors (Lipinski definition) is 3. The maximum absolute atomic E-state index is 10.9. The lowest BCUT2D eigenvalue weighted by molar-refractivity contribution is -0.141. The van der Waals surface area contributed by atoms with Crippen molar-refractivity contribution in [3.8, 4) is 12.3 Å². The van der Waals surface area contributed by atoms with E-state index in [1.807, 2.05) is 0 Å². The number of methoxy groups -OCH3 is 1. The van der Waals surface area contributed by atoms with E-state index in [9.17, 15) is 4.79 Å². The molecule has 0 saturated heterocycles. The summed E-state index contributed by atoms with van der Waals surface area (Å²) in [4.78, 5) is 10.9. The molecule has 0 aromatic rings. The second-order valence-corrected chi connectivity index (χ2v) is 2.22. The van der Waals surface area contributed by atoms with Crippen LogP contribution in [0.2, 0.25) is 0 Å². The van der Waals surface area contributed by atoms with Crippen LogP contribution >= 0.6 is 0 Å². The van der Waals surface area contributed by atoms with Crippen molar-refractivity contribution in [3.05, 3.63) is 11.6 Å². The first kappa shape index (κ1) is 7.83. The second-order valence-electron chi connectivity index (χ2n) is 2.22. The van der Waals surface area contributed by atoms with Crippen LogP contribution in [0.15, 0.2) is 11.6 Å². The molecular formula is C8H9NO2. The third-order valence-corrected chi connectivity index (χ3v) is 1.52. The fraction of sp³-hybridized carbons (Fsp3) is 0.375. The molecule has 0 bridgehead atoms. The minimum absolute atomic E-state index is 0.296. The highest BCUT2D eigenvalue weighted by molar-refractivity contribution is 5.79. The van der Waals surface area contributed by atoms with Gasteiger partial charge in [-0.05, 0) is 6.08 Å². The standard InChI is InChI=1S/C8H9NO2/c1-3-6-4-7(9-5-6)8(10)11-2/h1,4,7,9H,5H2,2H3/t7-/m1/s1. The van der Waals surface area contributed by atoms with Gasteiger partial charge in [-0.1, -0.05) is 5.92 Å². The highest BCUT2D eigenvalue weighted by Gasteiger charge is 2.21. The molecule has 0 unspecified atom stereocenters. The Morgan fingerprint density at radius 1 is 2.00 bits per heavy atom. The predicted octanol–water partition coefficient (Wildman–Crippen LogP) is -0.309. The fourth-order valence-corrected chi connectivity index (χ4v) is 0.916. The maximum Gasteiger partial charge on any atom is 0.326 e. The van der Waals surface area contributed by atoms with Gasteiger partial charge >= 0.3 is 5.97 Å². The summed E-state index contributed by atoms with van der Waals surface area (Å²) in [7, 11) is 1.35. The molecule has 0 radical (unpaired) electrons. The van der Waals surface area contributed by atoms with Crippen LogP contribution in [0, 0.1) is 12.3 Å². The van der Waals surface area contributed by atoms with Gasteiger partial charge in [-0.2, -0.15) is 0 Å². The number of hydrogen-bond donors (Lipinski definition) is 1. The van der Waals surface area contributed by atoms with E-state index in [4.69, 9.17) is 6.42 Å². The van der Waals surface area contributed by atoms with Crippen molar-refractivity contribution in [3.63, 3.8) is 0 Å². The molecule has 1 rings (SSSR count). The highest BCUT2D eigenvalue weighted by atomic mass is 16.5. The molecule has 1 aliphatic heterocycles. The molecule has 0 aromatic heterocycles. The molecule has 0 saturated carbocycles. The first-order valence-electron chi connectivity index (χ1n) is 3.26. The minimum atomic E-state index is -0.356. The van der Waals surface area contributed by atoms with Crippen molar-refractivity contribution in [2.24, 2.45) is 0 Å². The first-order valence-corrected chi connectivity index (χ1v) is 3.26. The number of carbonyl (C=O) groups is 1. The van der Waals surface area contributed by atoms with Crippen molar-refractivity contribution < 1.29 is 9.53 Å². The van der Waals surface area contributed by atoms with Crippen LogP contribution in [0.5, 0.6) is 0 Å². The van der Waals surface area contributed by atoms with Crippen LogP contribution < -0.4 is 5.32 Å². The molecule has 0 spiro atoms.